The molecule has 3 rings (SSSR count). The predicted molar refractivity (Wildman–Crippen MR) is 140 cm³/mol. The summed E-state index contributed by atoms with van der Waals surface area (Å²) in [6, 6.07) is 20.0. The summed E-state index contributed by atoms with van der Waals surface area (Å²) in [6.07, 6.45) is 15.0. The van der Waals surface area contributed by atoms with Crippen LogP contribution in [0.2, 0.25) is 0 Å². The SMILES string of the molecule is C=CCC(C=C=C(C1=CCCC1)P(=O)(c1ccccc1)c1ccccc1)(CCC)CCC. The van der Waals surface area contributed by atoms with Crippen molar-refractivity contribution in [1.29, 1.82) is 0 Å². The third-order valence-electron chi connectivity index (χ3n) is 6.46. The summed E-state index contributed by atoms with van der Waals surface area (Å²) in [5, 5.41) is 2.67. The van der Waals surface area contributed by atoms with Crippen LogP contribution in [-0.2, 0) is 4.57 Å². The van der Waals surface area contributed by atoms with E-state index in [4.69, 9.17) is 0 Å². The van der Waals surface area contributed by atoms with Crippen LogP contribution in [0.25, 0.3) is 0 Å². The predicted octanol–water partition coefficient (Wildman–Crippen LogP) is 8.31. The van der Waals surface area contributed by atoms with Gasteiger partial charge in [-0.2, -0.15) is 0 Å². The van der Waals surface area contributed by atoms with Crippen LogP contribution in [0.3, 0.4) is 0 Å². The van der Waals surface area contributed by atoms with E-state index in [1.54, 1.807) is 0 Å². The fourth-order valence-electron chi connectivity index (χ4n) is 4.99. The molecule has 0 bridgehead atoms. The van der Waals surface area contributed by atoms with E-state index in [0.29, 0.717) is 0 Å². The maximum absolute atomic E-state index is 15.1. The highest BCUT2D eigenvalue weighted by molar-refractivity contribution is 7.82. The molecule has 1 nitrogen and oxygen atoms in total. The quantitative estimate of drug-likeness (QED) is 0.193. The lowest BCUT2D eigenvalue weighted by molar-refractivity contribution is 0.320. The van der Waals surface area contributed by atoms with E-state index in [0.717, 1.165) is 67.3 Å². The van der Waals surface area contributed by atoms with Crippen LogP contribution in [0, 0.1) is 5.41 Å². The van der Waals surface area contributed by atoms with Crippen LogP contribution in [0.1, 0.15) is 65.2 Å². The number of benzene rings is 2. The highest BCUT2D eigenvalue weighted by atomic mass is 31.2. The summed E-state index contributed by atoms with van der Waals surface area (Å²) in [4.78, 5) is 0. The Morgan fingerprint density at radius 2 is 1.56 bits per heavy atom. The van der Waals surface area contributed by atoms with Gasteiger partial charge < -0.3 is 4.57 Å². The molecule has 2 heteroatoms. The molecule has 0 saturated heterocycles. The van der Waals surface area contributed by atoms with Crippen LogP contribution < -0.4 is 10.6 Å². The van der Waals surface area contributed by atoms with Crippen molar-refractivity contribution in [2.75, 3.05) is 0 Å². The van der Waals surface area contributed by atoms with Crippen LogP contribution in [0.4, 0.5) is 0 Å². The molecule has 0 saturated carbocycles. The second-order valence-electron chi connectivity index (χ2n) is 8.89. The fourth-order valence-corrected chi connectivity index (χ4v) is 7.84. The molecule has 0 unspecified atom stereocenters. The highest BCUT2D eigenvalue weighted by Gasteiger charge is 2.35. The van der Waals surface area contributed by atoms with Gasteiger partial charge in [0.1, 0.15) is 0 Å². The van der Waals surface area contributed by atoms with E-state index in [1.165, 1.54) is 5.57 Å². The molecule has 0 N–H and O–H groups in total. The zero-order valence-corrected chi connectivity index (χ0v) is 20.6. The van der Waals surface area contributed by atoms with Crippen molar-refractivity contribution in [1.82, 2.24) is 0 Å². The fraction of sp³-hybridized carbons (Fsp3) is 0.367. The van der Waals surface area contributed by atoms with Gasteiger partial charge in [0.05, 0.1) is 5.31 Å². The van der Waals surface area contributed by atoms with Crippen LogP contribution in [0.15, 0.2) is 102 Å². The standard InChI is InChI=1S/C30H37OP/c1-4-22-30(23-5-2,24-6-3)25-21-29(26-15-13-14-16-26)32(31,27-17-9-7-10-18-27)28-19-11-8-12-20-28/h4,7-12,15,17-20,25H,1,5-6,13-14,16,22-24H2,2-3H3. The average molecular weight is 445 g/mol. The average Bonchev–Trinajstić information content (AvgIpc) is 3.35. The Labute approximate surface area is 195 Å². The van der Waals surface area contributed by atoms with Gasteiger partial charge in [-0.3, -0.25) is 0 Å². The molecule has 1 aliphatic rings. The minimum atomic E-state index is -3.05. The first-order valence-corrected chi connectivity index (χ1v) is 13.8. The van der Waals surface area contributed by atoms with Crippen molar-refractivity contribution >= 4 is 17.8 Å². The third-order valence-corrected chi connectivity index (χ3v) is 9.56. The van der Waals surface area contributed by atoms with Gasteiger partial charge >= 0.3 is 0 Å². The van der Waals surface area contributed by atoms with E-state index in [-0.39, 0.29) is 5.41 Å². The Balaban J connectivity index is 2.30. The molecule has 0 aromatic heterocycles. The van der Waals surface area contributed by atoms with Gasteiger partial charge in [0.2, 0.25) is 0 Å². The molecule has 168 valence electrons. The zero-order chi connectivity index (χ0) is 22.9. The van der Waals surface area contributed by atoms with E-state index >= 15 is 4.57 Å². The molecule has 2 aromatic rings. The maximum Gasteiger partial charge on any atom is 0.178 e. The van der Waals surface area contributed by atoms with Crippen LogP contribution in [-0.4, -0.2) is 0 Å². The van der Waals surface area contributed by atoms with Gasteiger partial charge in [0.15, 0.2) is 7.14 Å². The Kier molecular flexibility index (Phi) is 8.75. The Morgan fingerprint density at radius 1 is 1.00 bits per heavy atom. The largest absolute Gasteiger partial charge is 0.308 e. The Morgan fingerprint density at radius 3 is 2.00 bits per heavy atom. The molecule has 0 spiro atoms. The minimum absolute atomic E-state index is 0.0217. The zero-order valence-electron chi connectivity index (χ0n) is 19.7. The number of hydrogen-bond donors (Lipinski definition) is 0. The number of rotatable bonds is 11. The van der Waals surface area contributed by atoms with E-state index < -0.39 is 7.14 Å². The number of allylic oxidation sites excluding steroid dienone is 4. The molecule has 0 heterocycles. The Hall–Kier alpha value is -2.33. The lowest BCUT2D eigenvalue weighted by atomic mass is 9.76. The first-order valence-electron chi connectivity index (χ1n) is 12.1. The molecule has 1 aliphatic carbocycles. The highest BCUT2D eigenvalue weighted by Crippen LogP contribution is 2.56. The second kappa shape index (κ2) is 11.5. The molecule has 0 aliphatic heterocycles. The topological polar surface area (TPSA) is 17.1 Å². The van der Waals surface area contributed by atoms with Gasteiger partial charge in [-0.15, -0.1) is 12.3 Å². The first kappa shape index (κ1) is 24.3. The molecule has 2 aromatic carbocycles. The maximum atomic E-state index is 15.1. The lowest BCUT2D eigenvalue weighted by Crippen LogP contribution is -2.19. The van der Waals surface area contributed by atoms with Gasteiger partial charge in [0, 0.05) is 10.6 Å². The van der Waals surface area contributed by atoms with E-state index in [9.17, 15) is 0 Å². The molecule has 32 heavy (non-hydrogen) atoms. The van der Waals surface area contributed by atoms with Crippen LogP contribution in [0.5, 0.6) is 0 Å². The van der Waals surface area contributed by atoms with E-state index in [2.05, 4.69) is 38.3 Å². The van der Waals surface area contributed by atoms with Crippen molar-refractivity contribution < 1.29 is 4.57 Å². The summed E-state index contributed by atoms with van der Waals surface area (Å²) in [5.74, 6) is 0. The van der Waals surface area contributed by atoms with Crippen molar-refractivity contribution in [2.24, 2.45) is 5.41 Å². The van der Waals surface area contributed by atoms with E-state index in [1.807, 2.05) is 66.7 Å². The van der Waals surface area contributed by atoms with Crippen molar-refractivity contribution in [3.8, 4) is 0 Å². The first-order chi connectivity index (χ1) is 15.6. The molecular weight excluding hydrogens is 407 g/mol. The van der Waals surface area contributed by atoms with Crippen molar-refractivity contribution in [2.45, 2.75) is 65.2 Å². The molecule has 0 atom stereocenters. The minimum Gasteiger partial charge on any atom is -0.308 e. The van der Waals surface area contributed by atoms with Gasteiger partial charge in [-0.05, 0) is 55.6 Å². The van der Waals surface area contributed by atoms with Gasteiger partial charge in [-0.1, -0.05) is 99.5 Å². The summed E-state index contributed by atoms with van der Waals surface area (Å²) < 4.78 is 15.1. The lowest BCUT2D eigenvalue weighted by Gasteiger charge is -2.29. The van der Waals surface area contributed by atoms with Gasteiger partial charge in [-0.25, -0.2) is 0 Å². The monoisotopic (exact) mass is 444 g/mol. The molecule has 0 fully saturated rings. The molecular formula is C30H37OP. The molecule has 0 radical (unpaired) electrons. The summed E-state index contributed by atoms with van der Waals surface area (Å²) in [5.41, 5.74) is 4.94. The van der Waals surface area contributed by atoms with Crippen molar-refractivity contribution in [3.63, 3.8) is 0 Å². The second-order valence-corrected chi connectivity index (χ2v) is 11.6. The summed E-state index contributed by atoms with van der Waals surface area (Å²) in [7, 11) is -3.05. The summed E-state index contributed by atoms with van der Waals surface area (Å²) in [6.45, 7) is 8.52. The normalized spacial score (nSPS) is 13.9. The van der Waals surface area contributed by atoms with Gasteiger partial charge in [0.25, 0.3) is 0 Å². The third kappa shape index (κ3) is 5.35. The smallest absolute Gasteiger partial charge is 0.178 e. The molecule has 0 amide bonds. The Bertz CT molecular complexity index is 974. The summed E-state index contributed by atoms with van der Waals surface area (Å²) >= 11 is 0. The number of hydrogen-bond acceptors (Lipinski definition) is 1. The van der Waals surface area contributed by atoms with Crippen LogP contribution >= 0.6 is 7.14 Å². The van der Waals surface area contributed by atoms with Crippen molar-refractivity contribution in [3.05, 3.63) is 102 Å².